The lowest BCUT2D eigenvalue weighted by atomic mass is 10.1. The number of hydrogen-bond acceptors (Lipinski definition) is 3. The van der Waals surface area contributed by atoms with Gasteiger partial charge in [0.15, 0.2) is 5.96 Å². The van der Waals surface area contributed by atoms with E-state index < -0.39 is 0 Å². The predicted molar refractivity (Wildman–Crippen MR) is 130 cm³/mol. The first-order valence-electron chi connectivity index (χ1n) is 9.71. The van der Waals surface area contributed by atoms with Crippen LogP contribution < -0.4 is 16.0 Å². The maximum Gasteiger partial charge on any atom is 0.251 e. The Morgan fingerprint density at radius 3 is 2.55 bits per heavy atom. The molecular formula is C22H32IN5O. The molecule has 1 amide bonds. The Labute approximate surface area is 191 Å². The van der Waals surface area contributed by atoms with Gasteiger partial charge in [0.05, 0.1) is 6.54 Å². The molecule has 6 nitrogen and oxygen atoms in total. The molecular weight excluding hydrogens is 477 g/mol. The summed E-state index contributed by atoms with van der Waals surface area (Å²) >= 11 is 0. The number of aliphatic imine (C=N–C) groups is 1. The molecule has 0 saturated heterocycles. The number of benzene rings is 1. The summed E-state index contributed by atoms with van der Waals surface area (Å²) < 4.78 is 0. The zero-order chi connectivity index (χ0) is 20.4. The standard InChI is InChI=1S/C22H31N5O.HI/c1-5-23-21(25-14-12-19-11-6-7-13-24-19)26-16-17-9-8-10-18(15-17)20(28)27-22(2,3)4;/h6-11,13,15H,5,12,14,16H2,1-4H3,(H,27,28)(H2,23,25,26);1H. The van der Waals surface area contributed by atoms with Gasteiger partial charge in [-0.3, -0.25) is 9.78 Å². The summed E-state index contributed by atoms with van der Waals surface area (Å²) in [5.41, 5.74) is 2.42. The zero-order valence-corrected chi connectivity index (χ0v) is 20.0. The number of carbonyl (C=O) groups is 1. The van der Waals surface area contributed by atoms with Crippen LogP contribution in [0.3, 0.4) is 0 Å². The minimum absolute atomic E-state index is 0. The molecule has 2 aromatic rings. The summed E-state index contributed by atoms with van der Waals surface area (Å²) in [6.07, 6.45) is 2.63. The van der Waals surface area contributed by atoms with Crippen LogP contribution in [0.15, 0.2) is 53.7 Å². The van der Waals surface area contributed by atoms with Gasteiger partial charge in [0, 0.05) is 42.5 Å². The fraction of sp³-hybridized carbons (Fsp3) is 0.409. The van der Waals surface area contributed by atoms with Crippen LogP contribution in [0.5, 0.6) is 0 Å². The van der Waals surface area contributed by atoms with Crippen molar-refractivity contribution < 1.29 is 4.79 Å². The SMILES string of the molecule is CCNC(=NCc1cccc(C(=O)NC(C)(C)C)c1)NCCc1ccccn1.I. The molecule has 1 aromatic heterocycles. The highest BCUT2D eigenvalue weighted by atomic mass is 127. The van der Waals surface area contributed by atoms with Crippen LogP contribution >= 0.6 is 24.0 Å². The monoisotopic (exact) mass is 509 g/mol. The molecule has 0 atom stereocenters. The second kappa shape index (κ2) is 12.4. The predicted octanol–water partition coefficient (Wildman–Crippen LogP) is 3.53. The molecule has 158 valence electrons. The van der Waals surface area contributed by atoms with Gasteiger partial charge in [0.2, 0.25) is 0 Å². The van der Waals surface area contributed by atoms with Crippen molar-refractivity contribution in [2.75, 3.05) is 13.1 Å². The summed E-state index contributed by atoms with van der Waals surface area (Å²) in [6.45, 7) is 9.97. The van der Waals surface area contributed by atoms with E-state index in [4.69, 9.17) is 0 Å². The molecule has 1 heterocycles. The smallest absolute Gasteiger partial charge is 0.251 e. The van der Waals surface area contributed by atoms with Crippen molar-refractivity contribution in [2.45, 2.75) is 46.2 Å². The third-order valence-corrected chi connectivity index (χ3v) is 3.84. The highest BCUT2D eigenvalue weighted by molar-refractivity contribution is 14.0. The first kappa shape index (κ1) is 24.9. The minimum atomic E-state index is -0.263. The number of pyridine rings is 1. The Kier molecular flexibility index (Phi) is 10.6. The summed E-state index contributed by atoms with van der Waals surface area (Å²) in [7, 11) is 0. The Morgan fingerprint density at radius 2 is 1.90 bits per heavy atom. The van der Waals surface area contributed by atoms with E-state index in [1.807, 2.05) is 70.2 Å². The number of hydrogen-bond donors (Lipinski definition) is 3. The fourth-order valence-corrected chi connectivity index (χ4v) is 2.59. The molecule has 0 aliphatic heterocycles. The zero-order valence-electron chi connectivity index (χ0n) is 17.7. The van der Waals surface area contributed by atoms with Crippen LogP contribution in [-0.4, -0.2) is 35.5 Å². The largest absolute Gasteiger partial charge is 0.357 e. The highest BCUT2D eigenvalue weighted by Crippen LogP contribution is 2.09. The molecule has 0 radical (unpaired) electrons. The van der Waals surface area contributed by atoms with E-state index >= 15 is 0 Å². The third-order valence-electron chi connectivity index (χ3n) is 3.84. The first-order chi connectivity index (χ1) is 13.4. The molecule has 0 unspecified atom stereocenters. The van der Waals surface area contributed by atoms with E-state index in [1.165, 1.54) is 0 Å². The van der Waals surface area contributed by atoms with Gasteiger partial charge in [0.25, 0.3) is 5.91 Å². The minimum Gasteiger partial charge on any atom is -0.357 e. The molecule has 2 rings (SSSR count). The Balaban J connectivity index is 0.00000420. The third kappa shape index (κ3) is 9.74. The number of halogens is 1. The van der Waals surface area contributed by atoms with E-state index in [2.05, 4.69) is 25.9 Å². The highest BCUT2D eigenvalue weighted by Gasteiger charge is 2.15. The van der Waals surface area contributed by atoms with E-state index in [9.17, 15) is 4.79 Å². The van der Waals surface area contributed by atoms with Gasteiger partial charge in [-0.1, -0.05) is 18.2 Å². The summed E-state index contributed by atoms with van der Waals surface area (Å²) in [5, 5.41) is 9.56. The molecule has 0 saturated carbocycles. The van der Waals surface area contributed by atoms with Gasteiger partial charge in [-0.05, 0) is 57.5 Å². The molecule has 3 N–H and O–H groups in total. The average Bonchev–Trinajstić information content (AvgIpc) is 2.66. The van der Waals surface area contributed by atoms with E-state index in [1.54, 1.807) is 6.20 Å². The van der Waals surface area contributed by atoms with Crippen molar-refractivity contribution >= 4 is 35.8 Å². The molecule has 0 aliphatic carbocycles. The number of amides is 1. The second-order valence-corrected chi connectivity index (χ2v) is 7.60. The molecule has 0 bridgehead atoms. The summed E-state index contributed by atoms with van der Waals surface area (Å²) in [6, 6.07) is 13.5. The Hall–Kier alpha value is -2.16. The normalized spacial score (nSPS) is 11.4. The number of nitrogens with zero attached hydrogens (tertiary/aromatic N) is 2. The maximum absolute atomic E-state index is 12.4. The molecule has 0 fully saturated rings. The number of guanidine groups is 1. The van der Waals surface area contributed by atoms with Gasteiger partial charge in [0.1, 0.15) is 0 Å². The average molecular weight is 509 g/mol. The van der Waals surface area contributed by atoms with Crippen molar-refractivity contribution in [3.63, 3.8) is 0 Å². The molecule has 7 heteroatoms. The molecule has 0 spiro atoms. The van der Waals surface area contributed by atoms with Crippen LogP contribution in [0.1, 0.15) is 49.3 Å². The van der Waals surface area contributed by atoms with Crippen LogP contribution in [0, 0.1) is 0 Å². The van der Waals surface area contributed by atoms with Crippen molar-refractivity contribution in [1.82, 2.24) is 20.9 Å². The topological polar surface area (TPSA) is 78.4 Å². The molecule has 29 heavy (non-hydrogen) atoms. The van der Waals surface area contributed by atoms with Crippen LogP contribution in [0.4, 0.5) is 0 Å². The second-order valence-electron chi connectivity index (χ2n) is 7.60. The van der Waals surface area contributed by atoms with Crippen LogP contribution in [-0.2, 0) is 13.0 Å². The first-order valence-corrected chi connectivity index (χ1v) is 9.71. The molecule has 1 aromatic carbocycles. The molecule has 0 aliphatic rings. The number of rotatable bonds is 7. The fourth-order valence-electron chi connectivity index (χ4n) is 2.59. The summed E-state index contributed by atoms with van der Waals surface area (Å²) in [5.74, 6) is 0.682. The lowest BCUT2D eigenvalue weighted by Crippen LogP contribution is -2.40. The Morgan fingerprint density at radius 1 is 1.10 bits per heavy atom. The lowest BCUT2D eigenvalue weighted by molar-refractivity contribution is 0.0919. The quantitative estimate of drug-likeness (QED) is 0.303. The van der Waals surface area contributed by atoms with Crippen molar-refractivity contribution in [3.8, 4) is 0 Å². The van der Waals surface area contributed by atoms with Crippen LogP contribution in [0.2, 0.25) is 0 Å². The van der Waals surface area contributed by atoms with Crippen molar-refractivity contribution in [1.29, 1.82) is 0 Å². The van der Waals surface area contributed by atoms with E-state index in [0.717, 1.165) is 36.7 Å². The number of carbonyl (C=O) groups excluding carboxylic acids is 1. The Bertz CT molecular complexity index is 787. The van der Waals surface area contributed by atoms with Gasteiger partial charge < -0.3 is 16.0 Å². The van der Waals surface area contributed by atoms with Crippen LogP contribution in [0.25, 0.3) is 0 Å². The maximum atomic E-state index is 12.4. The van der Waals surface area contributed by atoms with Gasteiger partial charge >= 0.3 is 0 Å². The van der Waals surface area contributed by atoms with Gasteiger partial charge in [-0.25, -0.2) is 4.99 Å². The lowest BCUT2D eigenvalue weighted by Gasteiger charge is -2.20. The van der Waals surface area contributed by atoms with E-state index in [-0.39, 0.29) is 35.4 Å². The number of nitrogens with one attached hydrogen (secondary N) is 3. The van der Waals surface area contributed by atoms with Crippen molar-refractivity contribution in [3.05, 3.63) is 65.5 Å². The van der Waals surface area contributed by atoms with Crippen molar-refractivity contribution in [2.24, 2.45) is 4.99 Å². The number of aromatic nitrogens is 1. The summed E-state index contributed by atoms with van der Waals surface area (Å²) in [4.78, 5) is 21.3. The van der Waals surface area contributed by atoms with E-state index in [0.29, 0.717) is 12.1 Å². The van der Waals surface area contributed by atoms with Gasteiger partial charge in [-0.2, -0.15) is 0 Å². The van der Waals surface area contributed by atoms with Gasteiger partial charge in [-0.15, -0.1) is 24.0 Å².